The fourth-order valence-electron chi connectivity index (χ4n) is 2.09. The average molecular weight is 318 g/mol. The van der Waals surface area contributed by atoms with Crippen molar-refractivity contribution in [3.63, 3.8) is 0 Å². The van der Waals surface area contributed by atoms with Crippen molar-refractivity contribution in [3.8, 4) is 11.3 Å². The van der Waals surface area contributed by atoms with E-state index in [1.165, 1.54) is 5.56 Å². The summed E-state index contributed by atoms with van der Waals surface area (Å²) in [5, 5.41) is 14.5. The molecule has 5 heteroatoms. The molecule has 22 heavy (non-hydrogen) atoms. The standard InChI is InChI=1S/C17H22N2O2S/c1-17(2,3)13-6-4-12(5-7-13)14-11-22-15(19-14)8-9-18-10-16(20)21/h4-7,11,18H,8-10H2,1-3H3,(H,20,21). The van der Waals surface area contributed by atoms with Crippen LogP contribution in [0.25, 0.3) is 11.3 Å². The molecule has 0 amide bonds. The maximum absolute atomic E-state index is 10.4. The Hall–Kier alpha value is -1.72. The summed E-state index contributed by atoms with van der Waals surface area (Å²) in [4.78, 5) is 15.0. The smallest absolute Gasteiger partial charge is 0.317 e. The monoisotopic (exact) mass is 318 g/mol. The third-order valence-electron chi connectivity index (χ3n) is 3.39. The van der Waals surface area contributed by atoms with E-state index in [9.17, 15) is 4.79 Å². The zero-order valence-electron chi connectivity index (χ0n) is 13.2. The highest BCUT2D eigenvalue weighted by molar-refractivity contribution is 7.09. The summed E-state index contributed by atoms with van der Waals surface area (Å²) < 4.78 is 0. The molecule has 0 atom stereocenters. The minimum Gasteiger partial charge on any atom is -0.480 e. The van der Waals surface area contributed by atoms with Gasteiger partial charge in [-0.15, -0.1) is 11.3 Å². The number of hydrogen-bond acceptors (Lipinski definition) is 4. The number of hydrogen-bond donors (Lipinski definition) is 2. The number of nitrogens with zero attached hydrogens (tertiary/aromatic N) is 1. The van der Waals surface area contributed by atoms with Crippen molar-refractivity contribution in [1.82, 2.24) is 10.3 Å². The van der Waals surface area contributed by atoms with Gasteiger partial charge in [0, 0.05) is 23.9 Å². The van der Waals surface area contributed by atoms with E-state index in [1.54, 1.807) is 11.3 Å². The van der Waals surface area contributed by atoms with Gasteiger partial charge in [0.25, 0.3) is 0 Å². The number of benzene rings is 1. The minimum absolute atomic E-state index is 0.00744. The van der Waals surface area contributed by atoms with Crippen LogP contribution in [0, 0.1) is 0 Å². The molecule has 0 bridgehead atoms. The molecular formula is C17H22N2O2S. The first-order valence-corrected chi connectivity index (χ1v) is 8.22. The highest BCUT2D eigenvalue weighted by Gasteiger charge is 2.13. The summed E-state index contributed by atoms with van der Waals surface area (Å²) in [6, 6.07) is 8.54. The van der Waals surface area contributed by atoms with Gasteiger partial charge in [0.05, 0.1) is 17.2 Å². The molecule has 0 aliphatic carbocycles. The van der Waals surface area contributed by atoms with Gasteiger partial charge < -0.3 is 10.4 Å². The van der Waals surface area contributed by atoms with Crippen molar-refractivity contribution in [1.29, 1.82) is 0 Å². The van der Waals surface area contributed by atoms with E-state index < -0.39 is 5.97 Å². The number of carbonyl (C=O) groups is 1. The number of carboxylic acid groups (broad SMARTS) is 1. The van der Waals surface area contributed by atoms with Crippen molar-refractivity contribution in [2.75, 3.05) is 13.1 Å². The number of aromatic nitrogens is 1. The molecule has 0 saturated heterocycles. The molecule has 1 aromatic heterocycles. The molecule has 0 saturated carbocycles. The van der Waals surface area contributed by atoms with Crippen LogP contribution in [0.4, 0.5) is 0 Å². The Morgan fingerprint density at radius 3 is 2.55 bits per heavy atom. The lowest BCUT2D eigenvalue weighted by Gasteiger charge is -2.18. The molecule has 0 spiro atoms. The van der Waals surface area contributed by atoms with Gasteiger partial charge in [-0.05, 0) is 11.0 Å². The number of thiazole rings is 1. The van der Waals surface area contributed by atoms with Crippen molar-refractivity contribution < 1.29 is 9.90 Å². The maximum Gasteiger partial charge on any atom is 0.317 e. The topological polar surface area (TPSA) is 62.2 Å². The Labute approximate surface area is 135 Å². The van der Waals surface area contributed by atoms with Crippen LogP contribution in [0.1, 0.15) is 31.3 Å². The van der Waals surface area contributed by atoms with Crippen molar-refractivity contribution >= 4 is 17.3 Å². The molecule has 0 aliphatic rings. The summed E-state index contributed by atoms with van der Waals surface area (Å²) >= 11 is 1.61. The lowest BCUT2D eigenvalue weighted by atomic mass is 9.86. The van der Waals surface area contributed by atoms with Gasteiger partial charge in [-0.3, -0.25) is 4.79 Å². The van der Waals surface area contributed by atoms with Crippen LogP contribution in [-0.4, -0.2) is 29.1 Å². The molecule has 4 nitrogen and oxygen atoms in total. The van der Waals surface area contributed by atoms with E-state index in [0.717, 1.165) is 22.7 Å². The Balaban J connectivity index is 1.97. The van der Waals surface area contributed by atoms with E-state index in [-0.39, 0.29) is 12.0 Å². The number of nitrogens with one attached hydrogen (secondary N) is 1. The summed E-state index contributed by atoms with van der Waals surface area (Å²) in [7, 11) is 0. The minimum atomic E-state index is -0.834. The lowest BCUT2D eigenvalue weighted by molar-refractivity contribution is -0.135. The third-order valence-corrected chi connectivity index (χ3v) is 4.30. The number of rotatable bonds is 6. The fraction of sp³-hybridized carbons (Fsp3) is 0.412. The van der Waals surface area contributed by atoms with Gasteiger partial charge in [0.2, 0.25) is 0 Å². The Morgan fingerprint density at radius 1 is 1.27 bits per heavy atom. The van der Waals surface area contributed by atoms with Crippen LogP contribution in [0.2, 0.25) is 0 Å². The van der Waals surface area contributed by atoms with Gasteiger partial charge in [-0.2, -0.15) is 0 Å². The lowest BCUT2D eigenvalue weighted by Crippen LogP contribution is -2.24. The van der Waals surface area contributed by atoms with Crippen LogP contribution in [0.15, 0.2) is 29.6 Å². The Bertz CT molecular complexity index is 627. The molecule has 2 N–H and O–H groups in total. The van der Waals surface area contributed by atoms with Crippen molar-refractivity contribution in [2.24, 2.45) is 0 Å². The van der Waals surface area contributed by atoms with Crippen molar-refractivity contribution in [2.45, 2.75) is 32.6 Å². The van der Waals surface area contributed by atoms with E-state index in [0.29, 0.717) is 6.54 Å². The van der Waals surface area contributed by atoms with Gasteiger partial charge in [-0.1, -0.05) is 45.0 Å². The number of aliphatic carboxylic acids is 1. The van der Waals surface area contributed by atoms with E-state index >= 15 is 0 Å². The van der Waals surface area contributed by atoms with Gasteiger partial charge in [0.1, 0.15) is 0 Å². The summed E-state index contributed by atoms with van der Waals surface area (Å²) in [5.74, 6) is -0.834. The molecule has 0 radical (unpaired) electrons. The highest BCUT2D eigenvalue weighted by Crippen LogP contribution is 2.27. The molecule has 0 fully saturated rings. The summed E-state index contributed by atoms with van der Waals surface area (Å²) in [6.07, 6.45) is 0.748. The van der Waals surface area contributed by atoms with Gasteiger partial charge >= 0.3 is 5.97 Å². The van der Waals surface area contributed by atoms with Crippen LogP contribution in [0.5, 0.6) is 0 Å². The zero-order valence-corrected chi connectivity index (χ0v) is 14.0. The predicted octanol–water partition coefficient (Wildman–Crippen LogP) is 3.32. The second-order valence-electron chi connectivity index (χ2n) is 6.27. The van der Waals surface area contributed by atoms with Gasteiger partial charge in [0.15, 0.2) is 0 Å². The van der Waals surface area contributed by atoms with E-state index in [2.05, 4.69) is 60.7 Å². The quantitative estimate of drug-likeness (QED) is 0.802. The Kier molecular flexibility index (Phi) is 5.32. The van der Waals surface area contributed by atoms with Crippen LogP contribution in [0.3, 0.4) is 0 Å². The molecule has 1 aromatic carbocycles. The first kappa shape index (κ1) is 16.6. The Morgan fingerprint density at radius 2 is 1.95 bits per heavy atom. The fourth-order valence-corrected chi connectivity index (χ4v) is 2.90. The first-order chi connectivity index (χ1) is 10.4. The molecule has 118 valence electrons. The summed E-state index contributed by atoms with van der Waals surface area (Å²) in [5.41, 5.74) is 3.57. The second kappa shape index (κ2) is 7.03. The second-order valence-corrected chi connectivity index (χ2v) is 7.22. The third kappa shape index (κ3) is 4.64. The molecule has 2 aromatic rings. The molecule has 2 rings (SSSR count). The SMILES string of the molecule is CC(C)(C)c1ccc(-c2csc(CCNCC(=O)O)n2)cc1. The van der Waals surface area contributed by atoms with E-state index in [4.69, 9.17) is 5.11 Å². The summed E-state index contributed by atoms with van der Waals surface area (Å²) in [6.45, 7) is 7.22. The average Bonchev–Trinajstić information content (AvgIpc) is 2.91. The van der Waals surface area contributed by atoms with Crippen LogP contribution >= 0.6 is 11.3 Å². The molecule has 0 unspecified atom stereocenters. The molecule has 1 heterocycles. The zero-order chi connectivity index (χ0) is 16.2. The molecule has 0 aliphatic heterocycles. The van der Waals surface area contributed by atoms with E-state index in [1.807, 2.05) is 0 Å². The van der Waals surface area contributed by atoms with Crippen molar-refractivity contribution in [3.05, 3.63) is 40.2 Å². The normalized spacial score (nSPS) is 11.6. The van der Waals surface area contributed by atoms with Crippen LogP contribution in [-0.2, 0) is 16.6 Å². The predicted molar refractivity (Wildman–Crippen MR) is 90.5 cm³/mol. The molecular weight excluding hydrogens is 296 g/mol. The van der Waals surface area contributed by atoms with Gasteiger partial charge in [-0.25, -0.2) is 4.98 Å². The maximum atomic E-state index is 10.4. The first-order valence-electron chi connectivity index (χ1n) is 7.34. The number of carboxylic acids is 1. The highest BCUT2D eigenvalue weighted by atomic mass is 32.1. The van der Waals surface area contributed by atoms with Crippen LogP contribution < -0.4 is 5.32 Å². The largest absolute Gasteiger partial charge is 0.480 e.